The van der Waals surface area contributed by atoms with Crippen molar-refractivity contribution in [1.82, 2.24) is 0 Å². The maximum absolute atomic E-state index is 12.9. The predicted molar refractivity (Wildman–Crippen MR) is 76.5 cm³/mol. The topological polar surface area (TPSA) is 56.8 Å². The lowest BCUT2D eigenvalue weighted by molar-refractivity contribution is 0.0109. The first kappa shape index (κ1) is 15.2. The van der Waals surface area contributed by atoms with Crippen LogP contribution in [0.15, 0.2) is 36.2 Å². The molecule has 0 N–H and O–H groups in total. The van der Waals surface area contributed by atoms with E-state index in [1.807, 2.05) is 12.1 Å². The second kappa shape index (κ2) is 7.57. The first-order valence-electron chi connectivity index (χ1n) is 7.09. The maximum atomic E-state index is 12.9. The Bertz CT molecular complexity index is 572. The molecule has 1 aliphatic rings. The number of allylic oxidation sites excluding steroid dienone is 2. The van der Waals surface area contributed by atoms with Crippen LogP contribution < -0.4 is 0 Å². The number of hydrogen-bond donors (Lipinski definition) is 0. The van der Waals surface area contributed by atoms with Crippen molar-refractivity contribution in [3.8, 4) is 12.1 Å². The monoisotopic (exact) mass is 284 g/mol. The zero-order valence-corrected chi connectivity index (χ0v) is 11.8. The standard InChI is InChI=1S/C17H17FN2O/c18-16(11-20)9-13-5-7-17(8-6-13)21-12-15-3-1-14(10-19)2-4-15/h1-4,9,13,17H,5-8,12H2. The van der Waals surface area contributed by atoms with Gasteiger partial charge in [-0.2, -0.15) is 14.9 Å². The Labute approximate surface area is 124 Å². The van der Waals surface area contributed by atoms with Crippen molar-refractivity contribution in [2.75, 3.05) is 0 Å². The van der Waals surface area contributed by atoms with Crippen LogP contribution in [0.1, 0.15) is 36.8 Å². The number of benzene rings is 1. The van der Waals surface area contributed by atoms with Gasteiger partial charge in [0.05, 0.1) is 24.3 Å². The van der Waals surface area contributed by atoms with Gasteiger partial charge < -0.3 is 4.74 Å². The first-order valence-corrected chi connectivity index (χ1v) is 7.09. The molecule has 0 unspecified atom stereocenters. The van der Waals surface area contributed by atoms with Gasteiger partial charge in [0, 0.05) is 0 Å². The Morgan fingerprint density at radius 3 is 2.43 bits per heavy atom. The molecule has 108 valence electrons. The number of halogens is 1. The molecule has 0 spiro atoms. The Morgan fingerprint density at radius 2 is 1.86 bits per heavy atom. The fourth-order valence-electron chi connectivity index (χ4n) is 2.56. The van der Waals surface area contributed by atoms with E-state index in [0.29, 0.717) is 12.2 Å². The van der Waals surface area contributed by atoms with Crippen molar-refractivity contribution in [3.63, 3.8) is 0 Å². The molecule has 0 aliphatic heterocycles. The molecular weight excluding hydrogens is 267 g/mol. The van der Waals surface area contributed by atoms with Gasteiger partial charge in [0.25, 0.3) is 0 Å². The molecule has 0 saturated heterocycles. The smallest absolute Gasteiger partial charge is 0.196 e. The molecule has 0 atom stereocenters. The van der Waals surface area contributed by atoms with Crippen LogP contribution in [-0.2, 0) is 11.3 Å². The van der Waals surface area contributed by atoms with E-state index >= 15 is 0 Å². The van der Waals surface area contributed by atoms with E-state index in [2.05, 4.69) is 6.07 Å². The van der Waals surface area contributed by atoms with Crippen LogP contribution in [0.25, 0.3) is 0 Å². The van der Waals surface area contributed by atoms with Crippen molar-refractivity contribution >= 4 is 0 Å². The van der Waals surface area contributed by atoms with Gasteiger partial charge in [-0.15, -0.1) is 0 Å². The molecule has 1 saturated carbocycles. The van der Waals surface area contributed by atoms with Gasteiger partial charge in [-0.3, -0.25) is 0 Å². The third-order valence-electron chi connectivity index (χ3n) is 3.78. The average Bonchev–Trinajstić information content (AvgIpc) is 2.54. The van der Waals surface area contributed by atoms with Gasteiger partial charge in [0.15, 0.2) is 5.83 Å². The van der Waals surface area contributed by atoms with Crippen molar-refractivity contribution in [1.29, 1.82) is 10.5 Å². The summed E-state index contributed by atoms with van der Waals surface area (Å²) in [5.74, 6) is -0.531. The van der Waals surface area contributed by atoms with Crippen LogP contribution in [-0.4, -0.2) is 6.10 Å². The summed E-state index contributed by atoms with van der Waals surface area (Å²) in [6.07, 6.45) is 5.10. The minimum Gasteiger partial charge on any atom is -0.374 e. The number of ether oxygens (including phenoxy) is 1. The van der Waals surface area contributed by atoms with Crippen LogP contribution in [0, 0.1) is 28.6 Å². The van der Waals surface area contributed by atoms with E-state index in [1.54, 1.807) is 12.1 Å². The van der Waals surface area contributed by atoms with E-state index in [-0.39, 0.29) is 12.0 Å². The number of nitrogens with zero attached hydrogens (tertiary/aromatic N) is 2. The third kappa shape index (κ3) is 4.70. The molecule has 4 heteroatoms. The predicted octanol–water partition coefficient (Wildman–Crippen LogP) is 4.01. The molecule has 21 heavy (non-hydrogen) atoms. The molecule has 0 heterocycles. The van der Waals surface area contributed by atoms with Gasteiger partial charge in [0.2, 0.25) is 0 Å². The SMILES string of the molecule is N#CC(F)=CC1CCC(OCc2ccc(C#N)cc2)CC1. The second-order valence-electron chi connectivity index (χ2n) is 5.28. The second-order valence-corrected chi connectivity index (χ2v) is 5.28. The van der Waals surface area contributed by atoms with E-state index < -0.39 is 5.83 Å². The van der Waals surface area contributed by atoms with Gasteiger partial charge in [-0.25, -0.2) is 0 Å². The Hall–Kier alpha value is -2.17. The van der Waals surface area contributed by atoms with Crippen LogP contribution in [0.2, 0.25) is 0 Å². The van der Waals surface area contributed by atoms with Gasteiger partial charge in [-0.1, -0.05) is 12.1 Å². The van der Waals surface area contributed by atoms with Gasteiger partial charge in [0.1, 0.15) is 6.07 Å². The van der Waals surface area contributed by atoms with E-state index in [9.17, 15) is 4.39 Å². The molecule has 0 amide bonds. The third-order valence-corrected chi connectivity index (χ3v) is 3.78. The lowest BCUT2D eigenvalue weighted by atomic mass is 9.87. The summed E-state index contributed by atoms with van der Waals surface area (Å²) in [6.45, 7) is 0.531. The zero-order chi connectivity index (χ0) is 15.1. The van der Waals surface area contributed by atoms with E-state index in [4.69, 9.17) is 15.3 Å². The van der Waals surface area contributed by atoms with Crippen molar-refractivity contribution < 1.29 is 9.13 Å². The van der Waals surface area contributed by atoms with Crippen LogP contribution in [0.4, 0.5) is 4.39 Å². The molecule has 1 aromatic rings. The highest BCUT2D eigenvalue weighted by molar-refractivity contribution is 5.31. The summed E-state index contributed by atoms with van der Waals surface area (Å²) in [4.78, 5) is 0. The Balaban J connectivity index is 1.76. The highest BCUT2D eigenvalue weighted by Crippen LogP contribution is 2.28. The summed E-state index contributed by atoms with van der Waals surface area (Å²) >= 11 is 0. The summed E-state index contributed by atoms with van der Waals surface area (Å²) in [7, 11) is 0. The van der Waals surface area contributed by atoms with Crippen molar-refractivity contribution in [3.05, 3.63) is 47.3 Å². The molecule has 0 aromatic heterocycles. The van der Waals surface area contributed by atoms with Gasteiger partial charge >= 0.3 is 0 Å². The van der Waals surface area contributed by atoms with Crippen LogP contribution in [0.5, 0.6) is 0 Å². The molecule has 1 fully saturated rings. The minimum atomic E-state index is -0.683. The lowest BCUT2D eigenvalue weighted by Crippen LogP contribution is -2.20. The molecule has 2 rings (SSSR count). The summed E-state index contributed by atoms with van der Waals surface area (Å²) in [5, 5.41) is 17.2. The van der Waals surface area contributed by atoms with Crippen LogP contribution >= 0.6 is 0 Å². The quantitative estimate of drug-likeness (QED) is 0.785. The Morgan fingerprint density at radius 1 is 1.19 bits per heavy atom. The number of nitriles is 2. The minimum absolute atomic E-state index is 0.152. The Kier molecular flexibility index (Phi) is 5.49. The fraction of sp³-hybridized carbons (Fsp3) is 0.412. The first-order chi connectivity index (χ1) is 10.2. The molecule has 3 nitrogen and oxygen atoms in total. The molecule has 1 aliphatic carbocycles. The number of hydrogen-bond acceptors (Lipinski definition) is 3. The molecular formula is C17H17FN2O. The maximum Gasteiger partial charge on any atom is 0.196 e. The summed E-state index contributed by atoms with van der Waals surface area (Å²) in [6, 6.07) is 11.0. The summed E-state index contributed by atoms with van der Waals surface area (Å²) in [5.41, 5.74) is 1.69. The normalized spacial score (nSPS) is 22.3. The molecule has 0 bridgehead atoms. The highest BCUT2D eigenvalue weighted by atomic mass is 19.1. The lowest BCUT2D eigenvalue weighted by Gasteiger charge is -2.26. The fourth-order valence-corrected chi connectivity index (χ4v) is 2.56. The van der Waals surface area contributed by atoms with Crippen molar-refractivity contribution in [2.24, 2.45) is 5.92 Å². The van der Waals surface area contributed by atoms with Crippen LogP contribution in [0.3, 0.4) is 0 Å². The highest BCUT2D eigenvalue weighted by Gasteiger charge is 2.20. The van der Waals surface area contributed by atoms with Gasteiger partial charge in [-0.05, 0) is 55.4 Å². The molecule has 1 aromatic carbocycles. The van der Waals surface area contributed by atoms with E-state index in [0.717, 1.165) is 31.2 Å². The molecule has 0 radical (unpaired) electrons. The zero-order valence-electron chi connectivity index (χ0n) is 11.8. The van der Waals surface area contributed by atoms with E-state index in [1.165, 1.54) is 12.1 Å². The number of rotatable bonds is 4. The summed E-state index contributed by atoms with van der Waals surface area (Å²) < 4.78 is 18.8. The largest absolute Gasteiger partial charge is 0.374 e. The average molecular weight is 284 g/mol. The van der Waals surface area contributed by atoms with Crippen molar-refractivity contribution in [2.45, 2.75) is 38.4 Å².